The molecule has 1 N–H and O–H groups in total. The van der Waals surface area contributed by atoms with Gasteiger partial charge in [-0.3, -0.25) is 4.79 Å². The molecular formula is C25H34N2O3. The number of benzene rings is 2. The van der Waals surface area contributed by atoms with Crippen LogP contribution in [0, 0.1) is 0 Å². The first-order valence-electron chi connectivity index (χ1n) is 10.4. The maximum absolute atomic E-state index is 12.2. The van der Waals surface area contributed by atoms with Crippen LogP contribution in [-0.4, -0.2) is 24.3 Å². The van der Waals surface area contributed by atoms with Gasteiger partial charge in [0, 0.05) is 11.6 Å². The van der Waals surface area contributed by atoms with Gasteiger partial charge < -0.3 is 9.47 Å². The molecule has 30 heavy (non-hydrogen) atoms. The average Bonchev–Trinajstić information content (AvgIpc) is 2.62. The highest BCUT2D eigenvalue weighted by Crippen LogP contribution is 2.26. The second kappa shape index (κ2) is 10.3. The van der Waals surface area contributed by atoms with Crippen molar-refractivity contribution >= 4 is 12.1 Å². The van der Waals surface area contributed by atoms with Gasteiger partial charge in [-0.05, 0) is 56.4 Å². The highest BCUT2D eigenvalue weighted by molar-refractivity contribution is 5.86. The standard InChI is InChI=1S/C25H34N2O3/c1-17(2)29-22-13-10-20(23(15-22)30-18(3)4)16-26-27-24(28)14-19-8-11-21(12-9-19)25(5,6)7/h8-13,15-18H,14H2,1-7H3,(H,27,28)/b26-16-. The van der Waals surface area contributed by atoms with Gasteiger partial charge in [0.25, 0.3) is 0 Å². The Morgan fingerprint density at radius 1 is 1.00 bits per heavy atom. The molecule has 0 unspecified atom stereocenters. The zero-order valence-electron chi connectivity index (χ0n) is 19.2. The molecule has 0 saturated carbocycles. The summed E-state index contributed by atoms with van der Waals surface area (Å²) in [6.07, 6.45) is 1.96. The Hall–Kier alpha value is -2.82. The Morgan fingerprint density at radius 2 is 1.63 bits per heavy atom. The molecule has 162 valence electrons. The van der Waals surface area contributed by atoms with Crippen molar-refractivity contribution in [3.63, 3.8) is 0 Å². The number of hydrazone groups is 1. The van der Waals surface area contributed by atoms with E-state index < -0.39 is 0 Å². The summed E-state index contributed by atoms with van der Waals surface area (Å²) in [5.41, 5.74) is 5.66. The number of nitrogens with zero attached hydrogens (tertiary/aromatic N) is 1. The van der Waals surface area contributed by atoms with Crippen LogP contribution in [0.4, 0.5) is 0 Å². The summed E-state index contributed by atoms with van der Waals surface area (Å²) in [6, 6.07) is 13.7. The molecule has 0 aliphatic rings. The number of carbonyl (C=O) groups is 1. The minimum Gasteiger partial charge on any atom is -0.491 e. The molecule has 0 bridgehead atoms. The molecule has 5 heteroatoms. The number of amides is 1. The molecule has 1 amide bonds. The minimum atomic E-state index is -0.166. The first kappa shape index (κ1) is 23.5. The molecule has 2 rings (SSSR count). The van der Waals surface area contributed by atoms with E-state index in [0.717, 1.165) is 16.9 Å². The van der Waals surface area contributed by atoms with Gasteiger partial charge in [-0.25, -0.2) is 5.43 Å². The van der Waals surface area contributed by atoms with Gasteiger partial charge in [-0.2, -0.15) is 5.10 Å². The maximum Gasteiger partial charge on any atom is 0.244 e. The van der Waals surface area contributed by atoms with Crippen molar-refractivity contribution in [3.8, 4) is 11.5 Å². The summed E-state index contributed by atoms with van der Waals surface area (Å²) in [4.78, 5) is 12.2. The van der Waals surface area contributed by atoms with Crippen LogP contribution < -0.4 is 14.9 Å². The molecule has 0 heterocycles. The van der Waals surface area contributed by atoms with E-state index in [2.05, 4.69) is 43.4 Å². The number of rotatable bonds is 8. The first-order chi connectivity index (χ1) is 14.0. The number of ether oxygens (including phenoxy) is 2. The lowest BCUT2D eigenvalue weighted by Gasteiger charge is -2.19. The Labute approximate surface area is 180 Å². The van der Waals surface area contributed by atoms with Gasteiger partial charge in [0.15, 0.2) is 0 Å². The van der Waals surface area contributed by atoms with Crippen molar-refractivity contribution in [3.05, 3.63) is 59.2 Å². The topological polar surface area (TPSA) is 59.9 Å². The molecule has 0 aliphatic carbocycles. The predicted molar refractivity (Wildman–Crippen MR) is 123 cm³/mol. The van der Waals surface area contributed by atoms with Gasteiger partial charge in [0.1, 0.15) is 11.5 Å². The van der Waals surface area contributed by atoms with Crippen molar-refractivity contribution < 1.29 is 14.3 Å². The zero-order valence-corrected chi connectivity index (χ0v) is 19.2. The van der Waals surface area contributed by atoms with Crippen LogP contribution in [0.3, 0.4) is 0 Å². The van der Waals surface area contributed by atoms with Crippen LogP contribution in [0.15, 0.2) is 47.6 Å². The monoisotopic (exact) mass is 410 g/mol. The van der Waals surface area contributed by atoms with E-state index in [1.807, 2.05) is 58.0 Å². The Kier molecular flexibility index (Phi) is 8.04. The molecule has 2 aromatic rings. The summed E-state index contributed by atoms with van der Waals surface area (Å²) >= 11 is 0. The number of hydrogen-bond acceptors (Lipinski definition) is 4. The van der Waals surface area contributed by atoms with Crippen molar-refractivity contribution in [2.24, 2.45) is 5.10 Å². The fraction of sp³-hybridized carbons (Fsp3) is 0.440. The van der Waals surface area contributed by atoms with E-state index in [4.69, 9.17) is 9.47 Å². The van der Waals surface area contributed by atoms with Crippen molar-refractivity contribution in [2.75, 3.05) is 0 Å². The van der Waals surface area contributed by atoms with Gasteiger partial charge in [-0.1, -0.05) is 45.0 Å². The van der Waals surface area contributed by atoms with E-state index in [1.54, 1.807) is 6.21 Å². The normalized spacial score (nSPS) is 11.9. The average molecular weight is 411 g/mol. The summed E-state index contributed by atoms with van der Waals surface area (Å²) in [5.74, 6) is 1.24. The van der Waals surface area contributed by atoms with Crippen LogP contribution in [0.1, 0.15) is 65.2 Å². The van der Waals surface area contributed by atoms with Crippen molar-refractivity contribution in [2.45, 2.75) is 72.5 Å². The smallest absolute Gasteiger partial charge is 0.244 e. The van der Waals surface area contributed by atoms with Gasteiger partial charge in [0.2, 0.25) is 5.91 Å². The SMILES string of the molecule is CC(C)Oc1ccc(/C=N\NC(=O)Cc2ccc(C(C)(C)C)cc2)c(OC(C)C)c1. The van der Waals surface area contributed by atoms with E-state index in [-0.39, 0.29) is 30.0 Å². The molecule has 5 nitrogen and oxygen atoms in total. The zero-order chi connectivity index (χ0) is 22.3. The van der Waals surface area contributed by atoms with Crippen LogP contribution >= 0.6 is 0 Å². The maximum atomic E-state index is 12.2. The summed E-state index contributed by atoms with van der Waals surface area (Å²) < 4.78 is 11.6. The van der Waals surface area contributed by atoms with E-state index in [1.165, 1.54) is 5.56 Å². The minimum absolute atomic E-state index is 0.0112. The Balaban J connectivity index is 2.02. The summed E-state index contributed by atoms with van der Waals surface area (Å²) in [5, 5.41) is 4.11. The van der Waals surface area contributed by atoms with Gasteiger partial charge in [-0.15, -0.1) is 0 Å². The largest absolute Gasteiger partial charge is 0.491 e. The Morgan fingerprint density at radius 3 is 2.20 bits per heavy atom. The fourth-order valence-electron chi connectivity index (χ4n) is 2.84. The molecule has 0 saturated heterocycles. The molecule has 0 radical (unpaired) electrons. The number of hydrogen-bond donors (Lipinski definition) is 1. The van der Waals surface area contributed by atoms with Crippen LogP contribution in [0.5, 0.6) is 11.5 Å². The molecule has 2 aromatic carbocycles. The lowest BCUT2D eigenvalue weighted by atomic mass is 9.86. The van der Waals surface area contributed by atoms with Crippen molar-refractivity contribution in [1.82, 2.24) is 5.43 Å². The predicted octanol–water partition coefficient (Wildman–Crippen LogP) is 5.25. The second-order valence-corrected chi connectivity index (χ2v) is 8.95. The third kappa shape index (κ3) is 7.54. The second-order valence-electron chi connectivity index (χ2n) is 8.95. The fourth-order valence-corrected chi connectivity index (χ4v) is 2.84. The summed E-state index contributed by atoms with van der Waals surface area (Å²) in [7, 11) is 0. The van der Waals surface area contributed by atoms with E-state index in [0.29, 0.717) is 5.75 Å². The summed E-state index contributed by atoms with van der Waals surface area (Å²) in [6.45, 7) is 14.4. The quantitative estimate of drug-likeness (QED) is 0.477. The highest BCUT2D eigenvalue weighted by atomic mass is 16.5. The van der Waals surface area contributed by atoms with Gasteiger partial charge in [0.05, 0.1) is 24.8 Å². The van der Waals surface area contributed by atoms with Crippen LogP contribution in [0.25, 0.3) is 0 Å². The Bertz CT molecular complexity index is 863. The molecule has 0 fully saturated rings. The highest BCUT2D eigenvalue weighted by Gasteiger charge is 2.13. The van der Waals surface area contributed by atoms with Crippen LogP contribution in [-0.2, 0) is 16.6 Å². The van der Waals surface area contributed by atoms with E-state index >= 15 is 0 Å². The number of nitrogens with one attached hydrogen (secondary N) is 1. The lowest BCUT2D eigenvalue weighted by molar-refractivity contribution is -0.120. The third-order valence-corrected chi connectivity index (χ3v) is 4.30. The first-order valence-corrected chi connectivity index (χ1v) is 10.4. The van der Waals surface area contributed by atoms with Crippen molar-refractivity contribution in [1.29, 1.82) is 0 Å². The molecule has 0 spiro atoms. The molecule has 0 atom stereocenters. The molecule has 0 aromatic heterocycles. The molecule has 0 aliphatic heterocycles. The third-order valence-electron chi connectivity index (χ3n) is 4.30. The van der Waals surface area contributed by atoms with Gasteiger partial charge >= 0.3 is 0 Å². The molecular weight excluding hydrogens is 376 g/mol. The number of carbonyl (C=O) groups excluding carboxylic acids is 1. The van der Waals surface area contributed by atoms with E-state index in [9.17, 15) is 4.79 Å². The van der Waals surface area contributed by atoms with Crippen LogP contribution in [0.2, 0.25) is 0 Å². The lowest BCUT2D eigenvalue weighted by Crippen LogP contribution is -2.20.